The number of aromatic nitrogens is 1. The third-order valence-corrected chi connectivity index (χ3v) is 3.89. The van der Waals surface area contributed by atoms with E-state index in [0.29, 0.717) is 12.5 Å². The fourth-order valence-electron chi connectivity index (χ4n) is 2.69. The lowest BCUT2D eigenvalue weighted by Crippen LogP contribution is -2.37. The number of aryl methyl sites for hydroxylation is 1. The van der Waals surface area contributed by atoms with Gasteiger partial charge in [0.15, 0.2) is 5.96 Å². The third-order valence-electron chi connectivity index (χ3n) is 3.89. The van der Waals surface area contributed by atoms with E-state index in [1.54, 1.807) is 0 Å². The summed E-state index contributed by atoms with van der Waals surface area (Å²) in [6, 6.07) is 12.0. The van der Waals surface area contributed by atoms with Crippen LogP contribution in [0.25, 0.3) is 0 Å². The Kier molecular flexibility index (Phi) is 7.45. The Morgan fingerprint density at radius 1 is 1.28 bits per heavy atom. The fraction of sp³-hybridized carbons (Fsp3) is 0.333. The summed E-state index contributed by atoms with van der Waals surface area (Å²) in [5.41, 5.74) is 9.20. The average molecular weight is 453 g/mol. The molecular formula is C18H24IN5O. The molecule has 6 nitrogen and oxygen atoms in total. The number of nitrogens with zero attached hydrogens (tertiary/aromatic N) is 3. The molecule has 1 aromatic heterocycles. The summed E-state index contributed by atoms with van der Waals surface area (Å²) in [6.07, 6.45) is 1.81. The van der Waals surface area contributed by atoms with Crippen molar-refractivity contribution in [3.05, 3.63) is 53.7 Å². The molecule has 0 unspecified atom stereocenters. The van der Waals surface area contributed by atoms with Crippen molar-refractivity contribution in [3.8, 4) is 0 Å². The van der Waals surface area contributed by atoms with Gasteiger partial charge in [-0.3, -0.25) is 0 Å². The van der Waals surface area contributed by atoms with Gasteiger partial charge < -0.3 is 20.7 Å². The number of guanidine groups is 1. The highest BCUT2D eigenvalue weighted by atomic mass is 127. The average Bonchev–Trinajstić information content (AvgIpc) is 2.61. The van der Waals surface area contributed by atoms with Crippen molar-refractivity contribution in [2.75, 3.05) is 36.5 Å². The number of aliphatic imine (C=N–C) groups is 1. The number of morpholine rings is 1. The Morgan fingerprint density at radius 2 is 2.08 bits per heavy atom. The number of hydrogen-bond donors (Lipinski definition) is 2. The molecule has 2 aromatic rings. The Hall–Kier alpha value is -1.87. The minimum atomic E-state index is 0. The summed E-state index contributed by atoms with van der Waals surface area (Å²) >= 11 is 0. The second kappa shape index (κ2) is 9.57. The zero-order valence-electron chi connectivity index (χ0n) is 14.3. The van der Waals surface area contributed by atoms with E-state index in [2.05, 4.69) is 20.2 Å². The van der Waals surface area contributed by atoms with Gasteiger partial charge in [-0.25, -0.2) is 9.98 Å². The van der Waals surface area contributed by atoms with Crippen LogP contribution in [0.3, 0.4) is 0 Å². The molecule has 7 heteroatoms. The van der Waals surface area contributed by atoms with Gasteiger partial charge in [-0.05, 0) is 30.7 Å². The van der Waals surface area contributed by atoms with Crippen molar-refractivity contribution < 1.29 is 4.74 Å². The Labute approximate surface area is 165 Å². The number of rotatable bonds is 4. The van der Waals surface area contributed by atoms with Crippen LogP contribution in [-0.2, 0) is 11.3 Å². The number of nitrogens with one attached hydrogen (secondary N) is 1. The maximum Gasteiger partial charge on any atom is 0.193 e. The van der Waals surface area contributed by atoms with Gasteiger partial charge in [-0.15, -0.1) is 24.0 Å². The molecule has 2 heterocycles. The number of nitrogens with two attached hydrogens (primary N) is 1. The monoisotopic (exact) mass is 453 g/mol. The zero-order valence-corrected chi connectivity index (χ0v) is 16.6. The highest BCUT2D eigenvalue weighted by molar-refractivity contribution is 14.0. The summed E-state index contributed by atoms with van der Waals surface area (Å²) in [4.78, 5) is 11.2. The van der Waals surface area contributed by atoms with Crippen molar-refractivity contribution >= 4 is 41.4 Å². The summed E-state index contributed by atoms with van der Waals surface area (Å²) in [7, 11) is 0. The van der Waals surface area contributed by atoms with Crippen molar-refractivity contribution in [2.24, 2.45) is 10.7 Å². The lowest BCUT2D eigenvalue weighted by molar-refractivity contribution is 0.122. The molecule has 1 aliphatic heterocycles. The maximum absolute atomic E-state index is 6.02. The van der Waals surface area contributed by atoms with Crippen molar-refractivity contribution in [1.29, 1.82) is 0 Å². The molecule has 3 rings (SSSR count). The largest absolute Gasteiger partial charge is 0.378 e. The molecule has 0 atom stereocenters. The van der Waals surface area contributed by atoms with Gasteiger partial charge in [0.1, 0.15) is 5.82 Å². The van der Waals surface area contributed by atoms with E-state index in [1.165, 1.54) is 5.56 Å². The fourth-order valence-corrected chi connectivity index (χ4v) is 2.69. The van der Waals surface area contributed by atoms with E-state index >= 15 is 0 Å². The van der Waals surface area contributed by atoms with Crippen LogP contribution in [0.4, 0.5) is 11.5 Å². The van der Waals surface area contributed by atoms with Crippen LogP contribution < -0.4 is 16.0 Å². The molecule has 0 saturated carbocycles. The van der Waals surface area contributed by atoms with Gasteiger partial charge in [-0.2, -0.15) is 0 Å². The predicted octanol–water partition coefficient (Wildman–Crippen LogP) is 2.77. The standard InChI is InChI=1S/C18H23N5O.HI/c1-14-4-2-6-16(12-14)22-18(19)21-13-15-5-3-7-20-17(15)23-8-10-24-11-9-23;/h2-7,12H,8-11,13H2,1H3,(H3,19,21,22);1H. The van der Waals surface area contributed by atoms with Gasteiger partial charge >= 0.3 is 0 Å². The normalized spacial score (nSPS) is 14.8. The molecule has 0 bridgehead atoms. The second-order valence-electron chi connectivity index (χ2n) is 5.78. The first kappa shape index (κ1) is 19.5. The maximum atomic E-state index is 6.02. The molecule has 0 amide bonds. The SMILES string of the molecule is Cc1cccc(NC(N)=NCc2cccnc2N2CCOCC2)c1.I. The smallest absolute Gasteiger partial charge is 0.193 e. The highest BCUT2D eigenvalue weighted by Crippen LogP contribution is 2.19. The van der Waals surface area contributed by atoms with Crippen LogP contribution in [0.2, 0.25) is 0 Å². The van der Waals surface area contributed by atoms with Crippen molar-refractivity contribution in [1.82, 2.24) is 4.98 Å². The first-order chi connectivity index (χ1) is 11.7. The number of hydrogen-bond acceptors (Lipinski definition) is 4. The summed E-state index contributed by atoms with van der Waals surface area (Å²) in [6.45, 7) is 5.70. The molecule has 1 saturated heterocycles. The molecule has 0 aliphatic carbocycles. The predicted molar refractivity (Wildman–Crippen MR) is 113 cm³/mol. The highest BCUT2D eigenvalue weighted by Gasteiger charge is 2.15. The zero-order chi connectivity index (χ0) is 16.8. The second-order valence-corrected chi connectivity index (χ2v) is 5.78. The Balaban J connectivity index is 0.00000225. The van der Waals surface area contributed by atoms with Gasteiger partial charge in [0, 0.05) is 30.5 Å². The van der Waals surface area contributed by atoms with Gasteiger partial charge in [-0.1, -0.05) is 18.2 Å². The number of benzene rings is 1. The van der Waals surface area contributed by atoms with Crippen molar-refractivity contribution in [3.63, 3.8) is 0 Å². The Morgan fingerprint density at radius 3 is 2.84 bits per heavy atom. The quantitative estimate of drug-likeness (QED) is 0.423. The minimum Gasteiger partial charge on any atom is -0.378 e. The van der Waals surface area contributed by atoms with E-state index in [4.69, 9.17) is 10.5 Å². The first-order valence-corrected chi connectivity index (χ1v) is 8.12. The first-order valence-electron chi connectivity index (χ1n) is 8.12. The van der Waals surface area contributed by atoms with Gasteiger partial charge in [0.2, 0.25) is 0 Å². The molecule has 1 aromatic carbocycles. The molecule has 134 valence electrons. The van der Waals surface area contributed by atoms with Gasteiger partial charge in [0.25, 0.3) is 0 Å². The molecule has 3 N–H and O–H groups in total. The van der Waals surface area contributed by atoms with Crippen LogP contribution in [0.5, 0.6) is 0 Å². The number of pyridine rings is 1. The number of anilines is 2. The summed E-state index contributed by atoms with van der Waals surface area (Å²) < 4.78 is 5.41. The van der Waals surface area contributed by atoms with E-state index in [1.807, 2.05) is 49.5 Å². The lowest BCUT2D eigenvalue weighted by atomic mass is 10.2. The lowest BCUT2D eigenvalue weighted by Gasteiger charge is -2.29. The van der Waals surface area contributed by atoms with Crippen LogP contribution in [0.15, 0.2) is 47.6 Å². The topological polar surface area (TPSA) is 75.8 Å². The molecule has 0 spiro atoms. The van der Waals surface area contributed by atoms with Crippen LogP contribution in [-0.4, -0.2) is 37.2 Å². The van der Waals surface area contributed by atoms with Crippen LogP contribution in [0, 0.1) is 6.92 Å². The minimum absolute atomic E-state index is 0. The van der Waals surface area contributed by atoms with Crippen LogP contribution >= 0.6 is 24.0 Å². The molecule has 25 heavy (non-hydrogen) atoms. The van der Waals surface area contributed by atoms with Crippen molar-refractivity contribution in [2.45, 2.75) is 13.5 Å². The molecular weight excluding hydrogens is 429 g/mol. The molecule has 0 radical (unpaired) electrons. The Bertz CT molecular complexity index is 716. The van der Waals surface area contributed by atoms with E-state index in [-0.39, 0.29) is 24.0 Å². The van der Waals surface area contributed by atoms with E-state index in [9.17, 15) is 0 Å². The van der Waals surface area contributed by atoms with Crippen LogP contribution in [0.1, 0.15) is 11.1 Å². The van der Waals surface area contributed by atoms with Gasteiger partial charge in [0.05, 0.1) is 19.8 Å². The summed E-state index contributed by atoms with van der Waals surface area (Å²) in [5, 5.41) is 3.13. The molecule has 1 aliphatic rings. The number of ether oxygens (including phenoxy) is 1. The third kappa shape index (κ3) is 5.57. The number of halogens is 1. The summed E-state index contributed by atoms with van der Waals surface area (Å²) in [5.74, 6) is 1.37. The van der Waals surface area contributed by atoms with E-state index < -0.39 is 0 Å². The molecule has 1 fully saturated rings. The van der Waals surface area contributed by atoms with E-state index in [0.717, 1.165) is 43.4 Å².